The molecule has 0 unspecified atom stereocenters. The Morgan fingerprint density at radius 3 is 2.42 bits per heavy atom. The largest absolute Gasteiger partial charge is 0.465 e. The Labute approximate surface area is 109 Å². The van der Waals surface area contributed by atoms with Crippen molar-refractivity contribution in [2.45, 2.75) is 0 Å². The van der Waals surface area contributed by atoms with Crippen LogP contribution in [-0.4, -0.2) is 34.7 Å². The second-order valence-electron chi connectivity index (χ2n) is 3.27. The molecule has 9 heteroatoms. The molecule has 2 N–H and O–H groups in total. The molecule has 1 amide bonds. The summed E-state index contributed by atoms with van der Waals surface area (Å²) in [6.07, 6.45) is -1.13. The van der Waals surface area contributed by atoms with Gasteiger partial charge in [-0.25, -0.2) is 14.3 Å². The summed E-state index contributed by atoms with van der Waals surface area (Å²) in [5.41, 5.74) is 0.264. The van der Waals surface area contributed by atoms with Gasteiger partial charge in [0, 0.05) is 0 Å². The normalized spacial score (nSPS) is 10.4. The van der Waals surface area contributed by atoms with E-state index < -0.39 is 22.3 Å². The van der Waals surface area contributed by atoms with Crippen LogP contribution in [0.5, 0.6) is 0 Å². The first-order valence-corrected chi connectivity index (χ1v) is 6.43. The molecule has 0 aliphatic heterocycles. The topological polar surface area (TPSA) is 111 Å². The molecule has 0 aliphatic carbocycles. The third kappa shape index (κ3) is 4.47. The minimum absolute atomic E-state index is 0.0966. The van der Waals surface area contributed by atoms with Gasteiger partial charge in [-0.1, -0.05) is 6.07 Å². The van der Waals surface area contributed by atoms with Gasteiger partial charge in [0.25, 0.3) is 0 Å². The second kappa shape index (κ2) is 6.05. The molecule has 0 saturated heterocycles. The SMILES string of the molecule is COC(=O)NS(=O)(=O)Nc1cccc(C(=O)OC)c1. The molecule has 0 bridgehead atoms. The summed E-state index contributed by atoms with van der Waals surface area (Å²) in [6, 6.07) is 5.59. The summed E-state index contributed by atoms with van der Waals surface area (Å²) in [7, 11) is -1.88. The molecule has 0 heterocycles. The Balaban J connectivity index is 2.88. The van der Waals surface area contributed by atoms with Crippen LogP contribution in [0, 0.1) is 0 Å². The molecule has 0 aromatic heterocycles. The van der Waals surface area contributed by atoms with Crippen molar-refractivity contribution in [2.75, 3.05) is 18.9 Å². The van der Waals surface area contributed by atoms with Crippen molar-refractivity contribution in [3.63, 3.8) is 0 Å². The van der Waals surface area contributed by atoms with E-state index in [1.54, 1.807) is 4.72 Å². The average molecular weight is 288 g/mol. The predicted octanol–water partition coefficient (Wildman–Crippen LogP) is 0.486. The molecule has 0 aliphatic rings. The molecule has 0 radical (unpaired) electrons. The zero-order valence-electron chi connectivity index (χ0n) is 10.2. The van der Waals surface area contributed by atoms with Crippen molar-refractivity contribution >= 4 is 28.0 Å². The number of carbonyl (C=O) groups excluding carboxylic acids is 2. The molecule has 1 aromatic rings. The molecule has 8 nitrogen and oxygen atoms in total. The smallest absolute Gasteiger partial charge is 0.422 e. The second-order valence-corrected chi connectivity index (χ2v) is 4.69. The number of nitrogens with one attached hydrogen (secondary N) is 2. The van der Waals surface area contributed by atoms with Gasteiger partial charge in [-0.15, -0.1) is 0 Å². The van der Waals surface area contributed by atoms with E-state index in [0.717, 1.165) is 7.11 Å². The van der Waals surface area contributed by atoms with Crippen molar-refractivity contribution in [3.8, 4) is 0 Å². The first kappa shape index (κ1) is 14.8. The van der Waals surface area contributed by atoms with Crippen LogP contribution in [0.4, 0.5) is 10.5 Å². The third-order valence-corrected chi connectivity index (χ3v) is 2.88. The Morgan fingerprint density at radius 1 is 1.16 bits per heavy atom. The van der Waals surface area contributed by atoms with E-state index in [2.05, 4.69) is 14.2 Å². The van der Waals surface area contributed by atoms with Crippen molar-refractivity contribution in [3.05, 3.63) is 29.8 Å². The van der Waals surface area contributed by atoms with Gasteiger partial charge in [0.1, 0.15) is 0 Å². The van der Waals surface area contributed by atoms with E-state index in [1.165, 1.54) is 31.4 Å². The minimum atomic E-state index is -4.12. The number of methoxy groups -OCH3 is 2. The number of rotatable bonds is 4. The van der Waals surface area contributed by atoms with E-state index in [4.69, 9.17) is 0 Å². The minimum Gasteiger partial charge on any atom is -0.465 e. The first-order chi connectivity index (χ1) is 8.88. The Bertz CT molecular complexity index is 583. The number of hydrogen-bond donors (Lipinski definition) is 2. The highest BCUT2D eigenvalue weighted by Crippen LogP contribution is 2.12. The fraction of sp³-hybridized carbons (Fsp3) is 0.200. The van der Waals surface area contributed by atoms with Crippen LogP contribution < -0.4 is 9.44 Å². The summed E-state index contributed by atoms with van der Waals surface area (Å²) in [6.45, 7) is 0. The van der Waals surface area contributed by atoms with E-state index in [9.17, 15) is 18.0 Å². The molecule has 1 rings (SSSR count). The highest BCUT2D eigenvalue weighted by Gasteiger charge is 2.15. The Morgan fingerprint density at radius 2 is 1.84 bits per heavy atom. The molecule has 104 valence electrons. The number of carbonyl (C=O) groups is 2. The fourth-order valence-electron chi connectivity index (χ4n) is 1.16. The van der Waals surface area contributed by atoms with Gasteiger partial charge < -0.3 is 9.47 Å². The lowest BCUT2D eigenvalue weighted by Gasteiger charge is -2.09. The predicted molar refractivity (Wildman–Crippen MR) is 65.9 cm³/mol. The Kier molecular flexibility index (Phi) is 4.70. The number of esters is 1. The lowest BCUT2D eigenvalue weighted by molar-refractivity contribution is 0.0600. The number of benzene rings is 1. The average Bonchev–Trinajstić information content (AvgIpc) is 2.36. The standard InChI is InChI=1S/C10H12N2O6S/c1-17-9(13)7-4-3-5-8(6-7)11-19(15,16)12-10(14)18-2/h3-6,11H,1-2H3,(H,12,14). The van der Waals surface area contributed by atoms with E-state index in [-0.39, 0.29) is 11.3 Å². The molecular weight excluding hydrogens is 276 g/mol. The third-order valence-electron chi connectivity index (χ3n) is 1.94. The van der Waals surface area contributed by atoms with Crippen LogP contribution in [0.2, 0.25) is 0 Å². The van der Waals surface area contributed by atoms with Crippen LogP contribution in [0.1, 0.15) is 10.4 Å². The number of amides is 1. The van der Waals surface area contributed by atoms with Crippen LogP contribution in [0.25, 0.3) is 0 Å². The lowest BCUT2D eigenvalue weighted by atomic mass is 10.2. The zero-order valence-corrected chi connectivity index (χ0v) is 11.0. The molecule has 1 aromatic carbocycles. The zero-order chi connectivity index (χ0) is 14.5. The van der Waals surface area contributed by atoms with Crippen LogP contribution in [0.3, 0.4) is 0 Å². The number of ether oxygens (including phenoxy) is 2. The van der Waals surface area contributed by atoms with Crippen molar-refractivity contribution in [1.82, 2.24) is 4.72 Å². The maximum Gasteiger partial charge on any atom is 0.422 e. The van der Waals surface area contributed by atoms with Gasteiger partial charge in [0.2, 0.25) is 0 Å². The lowest BCUT2D eigenvalue weighted by Crippen LogP contribution is -2.35. The van der Waals surface area contributed by atoms with Crippen LogP contribution in [0.15, 0.2) is 24.3 Å². The van der Waals surface area contributed by atoms with Gasteiger partial charge >= 0.3 is 22.3 Å². The monoisotopic (exact) mass is 288 g/mol. The molecule has 0 fully saturated rings. The van der Waals surface area contributed by atoms with Gasteiger partial charge in [-0.05, 0) is 18.2 Å². The Hall–Kier alpha value is -2.29. The van der Waals surface area contributed by atoms with Crippen LogP contribution >= 0.6 is 0 Å². The maximum absolute atomic E-state index is 11.5. The highest BCUT2D eigenvalue weighted by molar-refractivity contribution is 7.91. The summed E-state index contributed by atoms with van der Waals surface area (Å²) in [4.78, 5) is 22.1. The summed E-state index contributed by atoms with van der Waals surface area (Å²) in [5.74, 6) is -0.609. The van der Waals surface area contributed by atoms with Gasteiger partial charge in [-0.2, -0.15) is 8.42 Å². The van der Waals surface area contributed by atoms with E-state index >= 15 is 0 Å². The quantitative estimate of drug-likeness (QED) is 0.780. The molecule has 0 spiro atoms. The molecule has 0 atom stereocenters. The summed E-state index contributed by atoms with van der Waals surface area (Å²) in [5, 5.41) is 0. The van der Waals surface area contributed by atoms with Gasteiger partial charge in [0.05, 0.1) is 25.5 Å². The van der Waals surface area contributed by atoms with Crippen molar-refractivity contribution in [2.24, 2.45) is 0 Å². The molecule has 19 heavy (non-hydrogen) atoms. The summed E-state index contributed by atoms with van der Waals surface area (Å²) >= 11 is 0. The number of hydrogen-bond acceptors (Lipinski definition) is 6. The maximum atomic E-state index is 11.5. The van der Waals surface area contributed by atoms with Crippen molar-refractivity contribution < 1.29 is 27.5 Å². The highest BCUT2D eigenvalue weighted by atomic mass is 32.2. The van der Waals surface area contributed by atoms with Crippen LogP contribution in [-0.2, 0) is 19.7 Å². The van der Waals surface area contributed by atoms with E-state index in [1.807, 2.05) is 0 Å². The van der Waals surface area contributed by atoms with Crippen molar-refractivity contribution in [1.29, 1.82) is 0 Å². The van der Waals surface area contributed by atoms with E-state index in [0.29, 0.717) is 0 Å². The van der Waals surface area contributed by atoms with Gasteiger partial charge in [0.15, 0.2) is 0 Å². The van der Waals surface area contributed by atoms with Gasteiger partial charge in [-0.3, -0.25) is 4.72 Å². The fourth-order valence-corrected chi connectivity index (χ4v) is 1.95. The first-order valence-electron chi connectivity index (χ1n) is 4.95. The summed E-state index contributed by atoms with van der Waals surface area (Å²) < 4.78 is 35.3. The molecule has 0 saturated carbocycles. The molecular formula is C10H12N2O6S. The number of anilines is 1.